The fourth-order valence-electron chi connectivity index (χ4n) is 7.16. The summed E-state index contributed by atoms with van der Waals surface area (Å²) in [5.41, 5.74) is 3.82. The number of hydrogen-bond donors (Lipinski definition) is 9. The number of aliphatic carboxylic acids is 1. The molecule has 0 saturated heterocycles. The number of benzene rings is 4. The Bertz CT molecular complexity index is 2310. The molecule has 4 aromatic carbocycles. The van der Waals surface area contributed by atoms with E-state index in [-0.39, 0.29) is 145 Å². The van der Waals surface area contributed by atoms with Crippen molar-refractivity contribution < 1.29 is 138 Å². The van der Waals surface area contributed by atoms with Gasteiger partial charge in [0, 0.05) is 6.42 Å². The predicted molar refractivity (Wildman–Crippen MR) is 292 cm³/mol. The van der Waals surface area contributed by atoms with Gasteiger partial charge in [-0.3, -0.25) is 4.79 Å². The number of rotatable bonds is 23. The third-order valence-electron chi connectivity index (χ3n) is 11.5. The molecule has 0 saturated carbocycles. The summed E-state index contributed by atoms with van der Waals surface area (Å²) in [5, 5.41) is 45.7. The Balaban J connectivity index is -0.000000706. The number of carbonyl (C=O) groups excluding carboxylic acids is 4. The van der Waals surface area contributed by atoms with Gasteiger partial charge in [0.15, 0.2) is 72.2 Å². The molecule has 24 heteroatoms. The summed E-state index contributed by atoms with van der Waals surface area (Å²) in [4.78, 5) is 62.8. The highest BCUT2D eigenvalue weighted by molar-refractivity contribution is 6.40. The highest BCUT2D eigenvalue weighted by Crippen LogP contribution is 2.34. The highest BCUT2D eigenvalue weighted by atomic mass is 35.5. The third kappa shape index (κ3) is 34.3. The Labute approximate surface area is 507 Å². The van der Waals surface area contributed by atoms with Crippen molar-refractivity contribution in [2.75, 3.05) is 87.9 Å². The first-order valence-corrected chi connectivity index (χ1v) is 26.2. The van der Waals surface area contributed by atoms with Crippen molar-refractivity contribution in [1.82, 2.24) is 0 Å². The average molecular weight is 1250 g/mol. The number of likely N-dealkylation sites (N-methyl/N-ethyl adjacent to an activating group) is 4. The molecule has 0 unspecified atom stereocenters. The smallest absolute Gasteiger partial charge is 0.367 e. The van der Waals surface area contributed by atoms with Gasteiger partial charge in [-0.1, -0.05) is 58.9 Å². The van der Waals surface area contributed by atoms with E-state index < -0.39 is 29.8 Å². The van der Waals surface area contributed by atoms with Gasteiger partial charge in [0.25, 0.3) is 0 Å². The number of halogens is 6. The zero-order valence-corrected chi connectivity index (χ0v) is 52.5. The number of phenols is 4. The van der Waals surface area contributed by atoms with Crippen molar-refractivity contribution in [3.63, 3.8) is 0 Å². The van der Waals surface area contributed by atoms with E-state index in [0.29, 0.717) is 24.7 Å². The Kier molecular flexibility index (Phi) is 43.6. The molecular formula is C56H84Cl6N4O14. The minimum Gasteiger partial charge on any atom is -1.00 e. The number of esters is 4. The lowest BCUT2D eigenvalue weighted by Gasteiger charge is -2.21. The van der Waals surface area contributed by atoms with Gasteiger partial charge in [0.05, 0.1) is 61.7 Å². The minimum absolute atomic E-state index is 0. The summed E-state index contributed by atoms with van der Waals surface area (Å²) in [7, 11) is 14.8. The second kappa shape index (κ2) is 42.8. The molecule has 4 atom stereocenters. The largest absolute Gasteiger partial charge is 1.00 e. The maximum Gasteiger partial charge on any atom is 0.367 e. The van der Waals surface area contributed by atoms with Crippen LogP contribution in [0.3, 0.4) is 0 Å². The van der Waals surface area contributed by atoms with E-state index in [1.54, 1.807) is 43.3 Å². The number of ether oxygens (including phenoxy) is 4. The van der Waals surface area contributed by atoms with E-state index in [9.17, 15) is 44.4 Å². The van der Waals surface area contributed by atoms with Gasteiger partial charge >= 0.3 is 29.8 Å². The molecule has 0 spiro atoms. The maximum absolute atomic E-state index is 12.5. The van der Waals surface area contributed by atoms with Crippen LogP contribution in [0, 0.1) is 23.7 Å². The van der Waals surface area contributed by atoms with Crippen LogP contribution in [0.5, 0.6) is 46.0 Å². The zero-order valence-electron chi connectivity index (χ0n) is 48.0. The molecule has 0 amide bonds. The summed E-state index contributed by atoms with van der Waals surface area (Å²) < 4.78 is 22.4. The molecule has 0 aliphatic carbocycles. The summed E-state index contributed by atoms with van der Waals surface area (Å²) >= 11 is 9.53. The van der Waals surface area contributed by atoms with E-state index in [1.807, 2.05) is 80.6 Å². The van der Waals surface area contributed by atoms with Crippen LogP contribution in [0.2, 0.25) is 0 Å². The number of quaternary nitrogens is 4. The Hall–Kier alpha value is -4.99. The van der Waals surface area contributed by atoms with Crippen LogP contribution in [0.15, 0.2) is 72.8 Å². The van der Waals surface area contributed by atoms with Crippen LogP contribution in [0.4, 0.5) is 0 Å². The first-order valence-electron chi connectivity index (χ1n) is 25.2. The molecule has 0 fully saturated rings. The van der Waals surface area contributed by atoms with Gasteiger partial charge in [-0.05, 0) is 120 Å². The fraction of sp³-hybridized carbons (Fsp3) is 0.482. The standard InChI is InChI=1S/C34H50N4O8.C18H22O4.C3H6O2.CH2Cl2.4ClH/c1-23(15-25-11-13-27(43-31(39)19-35(3)4)29(17-25)45-33(41)21-37(7)8)24(2)16-26-12-14-28(44-32(40)20-36(5)6)30(18-26)46-34(42)22-38(9)10;1-11(7-13-3-5-15(19)17(21)9-13)12(2)8-14-4-6-16(20)18(22)10-14;1-2-3(4)5;2-1-3;;;;/h11-14,17-18,23-24H,15-16,19-22H2,1-10H3;3-6,9-12,19-22H,7-8H2,1-2H3;2H2,1H3,(H,4,5);1H2;4*1H/t23-,24+;11-,12+;;;;;;. The first-order chi connectivity index (χ1) is 35.6. The van der Waals surface area contributed by atoms with Gasteiger partial charge in [-0.15, -0.1) is 23.2 Å². The molecule has 0 radical (unpaired) electrons. The zero-order chi connectivity index (χ0) is 57.8. The topological polar surface area (TPSA) is 241 Å². The predicted octanol–water partition coefficient (Wildman–Crippen LogP) is -9.57. The van der Waals surface area contributed by atoms with Crippen LogP contribution >= 0.6 is 23.2 Å². The number of nitrogens with one attached hydrogen (secondary N) is 4. The van der Waals surface area contributed by atoms with E-state index in [0.717, 1.165) is 54.7 Å². The van der Waals surface area contributed by atoms with Crippen molar-refractivity contribution in [3.8, 4) is 46.0 Å². The Morgan fingerprint density at radius 3 is 0.838 bits per heavy atom. The number of alkyl halides is 2. The van der Waals surface area contributed by atoms with Crippen molar-refractivity contribution in [2.24, 2.45) is 23.7 Å². The average Bonchev–Trinajstić information content (AvgIpc) is 3.30. The molecule has 454 valence electrons. The second-order valence-corrected chi connectivity index (χ2v) is 21.0. The van der Waals surface area contributed by atoms with Crippen molar-refractivity contribution in [2.45, 2.75) is 66.7 Å². The van der Waals surface area contributed by atoms with Crippen LogP contribution in [-0.4, -0.2) is 143 Å². The monoisotopic (exact) mass is 1250 g/mol. The molecule has 0 aliphatic rings. The first kappa shape index (κ1) is 81.5. The fourth-order valence-corrected chi connectivity index (χ4v) is 7.16. The van der Waals surface area contributed by atoms with E-state index in [4.69, 9.17) is 47.3 Å². The van der Waals surface area contributed by atoms with Gasteiger partial charge in [-0.25, -0.2) is 19.2 Å². The number of hydrogen-bond acceptors (Lipinski definition) is 13. The molecule has 4 rings (SSSR count). The Morgan fingerprint density at radius 1 is 0.412 bits per heavy atom. The second-order valence-electron chi connectivity index (χ2n) is 20.2. The van der Waals surface area contributed by atoms with E-state index in [1.165, 1.54) is 12.1 Å². The molecular weight excluding hydrogens is 1170 g/mol. The Morgan fingerprint density at radius 2 is 0.625 bits per heavy atom. The number of carboxylic acids is 1. The molecule has 80 heavy (non-hydrogen) atoms. The van der Waals surface area contributed by atoms with Crippen molar-refractivity contribution in [1.29, 1.82) is 0 Å². The number of phenolic OH excluding ortho intramolecular Hbond substituents is 4. The summed E-state index contributed by atoms with van der Waals surface area (Å²) in [6, 6.07) is 20.4. The third-order valence-corrected chi connectivity index (χ3v) is 11.5. The van der Waals surface area contributed by atoms with Crippen LogP contribution in [0.1, 0.15) is 63.3 Å². The van der Waals surface area contributed by atoms with Crippen molar-refractivity contribution in [3.05, 3.63) is 95.1 Å². The van der Waals surface area contributed by atoms with Crippen LogP contribution in [-0.2, 0) is 49.7 Å². The lowest BCUT2D eigenvalue weighted by atomic mass is 9.85. The number of carboxylic acid groups (broad SMARTS) is 1. The number of carbonyl (C=O) groups is 5. The quantitative estimate of drug-likeness (QED) is 0.0145. The van der Waals surface area contributed by atoms with E-state index >= 15 is 0 Å². The molecule has 0 bridgehead atoms. The number of aromatic hydroxyl groups is 4. The van der Waals surface area contributed by atoms with Gasteiger partial charge in [0.1, 0.15) is 0 Å². The van der Waals surface area contributed by atoms with Crippen molar-refractivity contribution >= 4 is 53.0 Å². The van der Waals surface area contributed by atoms with E-state index in [2.05, 4.69) is 27.7 Å². The molecule has 9 N–H and O–H groups in total. The molecule has 0 aliphatic heterocycles. The normalized spacial score (nSPS) is 11.8. The van der Waals surface area contributed by atoms with Gasteiger partial charge in [-0.2, -0.15) is 0 Å². The maximum atomic E-state index is 12.5. The summed E-state index contributed by atoms with van der Waals surface area (Å²) in [6.45, 7) is 10.8. The van der Waals surface area contributed by atoms with Gasteiger partial charge in [0.2, 0.25) is 0 Å². The molecule has 18 nitrogen and oxygen atoms in total. The lowest BCUT2D eigenvalue weighted by Crippen LogP contribution is -3.06. The minimum atomic E-state index is -0.745. The molecule has 4 aromatic rings. The highest BCUT2D eigenvalue weighted by Gasteiger charge is 2.23. The van der Waals surface area contributed by atoms with Crippen LogP contribution in [0.25, 0.3) is 0 Å². The lowest BCUT2D eigenvalue weighted by molar-refractivity contribution is -0.850. The van der Waals surface area contributed by atoms with Gasteiger partial charge < -0.3 is 114 Å². The summed E-state index contributed by atoms with van der Waals surface area (Å²) in [6.07, 6.45) is 3.16. The molecule has 0 aromatic heterocycles. The SMILES string of the molecule is CCC(=O)O.C[C@H](Cc1ccc(O)c(O)c1)[C@@H](C)Cc1ccc(O)c(O)c1.C[C@H](Cc1ccc(OC(=O)C[NH+](C)C)c(OC(=O)C[NH+](C)C)c1)[C@@H](C)Cc1ccc(OC(=O)C[NH+](C)C)c(OC(=O)C[NH+](C)C)c1.ClCCl.[Cl-].[Cl-].[Cl-].[Cl-]. The van der Waals surface area contributed by atoms with Crippen LogP contribution < -0.4 is 88.2 Å². The summed E-state index contributed by atoms with van der Waals surface area (Å²) in [5.74, 6) is -0.851. The molecule has 0 heterocycles.